The van der Waals surface area contributed by atoms with Crippen molar-refractivity contribution in [3.8, 4) is 17.3 Å². The number of nitrogens with zero attached hydrogens (tertiary/aromatic N) is 3. The van der Waals surface area contributed by atoms with Crippen molar-refractivity contribution >= 4 is 17.5 Å². The predicted molar refractivity (Wildman–Crippen MR) is 102 cm³/mol. The zero-order valence-corrected chi connectivity index (χ0v) is 15.7. The van der Waals surface area contributed by atoms with Gasteiger partial charge >= 0.3 is 6.61 Å². The minimum absolute atomic E-state index is 0.0311. The van der Waals surface area contributed by atoms with Crippen LogP contribution in [-0.4, -0.2) is 46.6 Å². The largest absolute Gasteiger partial charge is 0.493 e. The molecule has 2 amide bonds. The van der Waals surface area contributed by atoms with Gasteiger partial charge in [0.15, 0.2) is 11.5 Å². The molecule has 2 aromatic heterocycles. The van der Waals surface area contributed by atoms with Crippen molar-refractivity contribution in [3.63, 3.8) is 0 Å². The van der Waals surface area contributed by atoms with E-state index < -0.39 is 18.4 Å². The van der Waals surface area contributed by atoms with Crippen molar-refractivity contribution in [1.82, 2.24) is 19.9 Å². The molecule has 2 heterocycles. The number of hydrogen-bond donors (Lipinski definition) is 2. The fraction of sp³-hybridized carbons (Fsp3) is 0.158. The highest BCUT2D eigenvalue weighted by molar-refractivity contribution is 5.99. The maximum Gasteiger partial charge on any atom is 0.387 e. The first kappa shape index (κ1) is 20.7. The number of carbonyl (C=O) groups is 2. The molecule has 0 aliphatic rings. The van der Waals surface area contributed by atoms with Crippen molar-refractivity contribution in [3.05, 3.63) is 60.8 Å². The highest BCUT2D eigenvalue weighted by Crippen LogP contribution is 2.29. The van der Waals surface area contributed by atoms with E-state index in [0.29, 0.717) is 11.5 Å². The average Bonchev–Trinajstić information content (AvgIpc) is 3.27. The number of pyridine rings is 1. The van der Waals surface area contributed by atoms with Gasteiger partial charge in [0.25, 0.3) is 5.91 Å². The highest BCUT2D eigenvalue weighted by atomic mass is 19.3. The van der Waals surface area contributed by atoms with E-state index in [1.165, 1.54) is 31.5 Å². The van der Waals surface area contributed by atoms with Gasteiger partial charge in [-0.05, 0) is 30.3 Å². The molecule has 0 radical (unpaired) electrons. The summed E-state index contributed by atoms with van der Waals surface area (Å²) in [6.45, 7) is -3.33. The van der Waals surface area contributed by atoms with E-state index >= 15 is 0 Å². The normalized spacial score (nSPS) is 10.5. The van der Waals surface area contributed by atoms with Crippen molar-refractivity contribution in [2.75, 3.05) is 19.0 Å². The van der Waals surface area contributed by atoms with Gasteiger partial charge in [-0.25, -0.2) is 9.97 Å². The molecule has 3 rings (SSSR count). The summed E-state index contributed by atoms with van der Waals surface area (Å²) >= 11 is 0. The summed E-state index contributed by atoms with van der Waals surface area (Å²) in [7, 11) is 1.26. The Kier molecular flexibility index (Phi) is 6.53. The third kappa shape index (κ3) is 5.28. The van der Waals surface area contributed by atoms with Crippen LogP contribution in [0.4, 0.5) is 14.5 Å². The number of alkyl halides is 2. The summed E-state index contributed by atoms with van der Waals surface area (Å²) in [5.41, 5.74) is 0.570. The summed E-state index contributed by atoms with van der Waals surface area (Å²) in [6, 6.07) is 7.07. The number of halogens is 2. The van der Waals surface area contributed by atoms with Crippen LogP contribution in [0.2, 0.25) is 0 Å². The summed E-state index contributed by atoms with van der Waals surface area (Å²) in [4.78, 5) is 32.4. The predicted octanol–water partition coefficient (Wildman–Crippen LogP) is 2.25. The number of ether oxygens (including phenoxy) is 2. The second-order valence-corrected chi connectivity index (χ2v) is 5.85. The Morgan fingerprint density at radius 1 is 1.20 bits per heavy atom. The number of amides is 2. The van der Waals surface area contributed by atoms with Crippen LogP contribution >= 0.6 is 0 Å². The average molecular weight is 417 g/mol. The third-order valence-corrected chi connectivity index (χ3v) is 3.85. The van der Waals surface area contributed by atoms with Crippen LogP contribution in [0.25, 0.3) is 5.82 Å². The highest BCUT2D eigenvalue weighted by Gasteiger charge is 2.15. The molecule has 2 N–H and O–H groups in total. The second-order valence-electron chi connectivity index (χ2n) is 5.85. The lowest BCUT2D eigenvalue weighted by Gasteiger charge is -2.11. The molecule has 0 unspecified atom stereocenters. The van der Waals surface area contributed by atoms with Gasteiger partial charge in [0.05, 0.1) is 25.5 Å². The van der Waals surface area contributed by atoms with E-state index in [2.05, 4.69) is 25.3 Å². The first-order valence-corrected chi connectivity index (χ1v) is 8.61. The number of methoxy groups -OCH3 is 1. The second kappa shape index (κ2) is 9.45. The summed E-state index contributed by atoms with van der Waals surface area (Å²) in [5.74, 6) is -0.650. The molecule has 3 aromatic rings. The van der Waals surface area contributed by atoms with Crippen molar-refractivity contribution in [2.24, 2.45) is 0 Å². The molecular formula is C19H17F2N5O4. The van der Waals surface area contributed by atoms with Crippen LogP contribution in [-0.2, 0) is 4.79 Å². The van der Waals surface area contributed by atoms with Gasteiger partial charge in [0, 0.05) is 18.0 Å². The Morgan fingerprint density at radius 2 is 2.03 bits per heavy atom. The first-order valence-electron chi connectivity index (χ1n) is 8.61. The van der Waals surface area contributed by atoms with Crippen LogP contribution in [0.1, 0.15) is 10.4 Å². The quantitative estimate of drug-likeness (QED) is 0.582. The van der Waals surface area contributed by atoms with Gasteiger partial charge in [0.2, 0.25) is 5.91 Å². The molecule has 0 saturated heterocycles. The van der Waals surface area contributed by atoms with Crippen LogP contribution in [0.3, 0.4) is 0 Å². The minimum Gasteiger partial charge on any atom is -0.493 e. The fourth-order valence-corrected chi connectivity index (χ4v) is 2.48. The van der Waals surface area contributed by atoms with Gasteiger partial charge in [-0.1, -0.05) is 0 Å². The molecule has 0 bridgehead atoms. The van der Waals surface area contributed by atoms with Gasteiger partial charge in [-0.3, -0.25) is 14.2 Å². The number of carbonyl (C=O) groups excluding carboxylic acids is 2. The summed E-state index contributed by atoms with van der Waals surface area (Å²) < 4.78 is 35.7. The van der Waals surface area contributed by atoms with E-state index in [1.807, 2.05) is 0 Å². The first-order chi connectivity index (χ1) is 14.5. The maximum absolute atomic E-state index is 12.4. The lowest BCUT2D eigenvalue weighted by molar-refractivity contribution is -0.115. The van der Waals surface area contributed by atoms with E-state index in [9.17, 15) is 18.4 Å². The molecule has 0 atom stereocenters. The lowest BCUT2D eigenvalue weighted by Crippen LogP contribution is -2.32. The monoisotopic (exact) mass is 417 g/mol. The number of anilines is 1. The molecule has 0 spiro atoms. The number of rotatable bonds is 8. The SMILES string of the molecule is COc1cc(C(=O)NCC(=O)Nc2ccc(-n3ccnc3)nc2)ccc1OC(F)F. The van der Waals surface area contributed by atoms with Gasteiger partial charge < -0.3 is 20.1 Å². The summed E-state index contributed by atoms with van der Waals surface area (Å²) in [6.07, 6.45) is 6.42. The number of nitrogens with one attached hydrogen (secondary N) is 2. The molecule has 156 valence electrons. The Labute approximate surface area is 169 Å². The minimum atomic E-state index is -3.02. The van der Waals surface area contributed by atoms with Crippen LogP contribution in [0, 0.1) is 0 Å². The van der Waals surface area contributed by atoms with Gasteiger partial charge in [-0.2, -0.15) is 8.78 Å². The standard InChI is InChI=1S/C19H17F2N5O4/c1-29-15-8-12(2-4-14(15)30-19(20)21)18(28)24-10-17(27)25-13-3-5-16(23-9-13)26-7-6-22-11-26/h2-9,11,19H,10H2,1H3,(H,24,28)(H,25,27). The number of aromatic nitrogens is 3. The molecule has 9 nitrogen and oxygen atoms in total. The Morgan fingerprint density at radius 3 is 2.67 bits per heavy atom. The molecular weight excluding hydrogens is 400 g/mol. The molecule has 0 aliphatic carbocycles. The molecule has 0 saturated carbocycles. The molecule has 11 heteroatoms. The number of imidazole rings is 1. The zero-order valence-electron chi connectivity index (χ0n) is 15.7. The Balaban J connectivity index is 1.54. The topological polar surface area (TPSA) is 107 Å². The van der Waals surface area contributed by atoms with E-state index in [4.69, 9.17) is 4.74 Å². The van der Waals surface area contributed by atoms with Crippen molar-refractivity contribution in [2.45, 2.75) is 6.61 Å². The van der Waals surface area contributed by atoms with E-state index in [0.717, 1.165) is 0 Å². The van der Waals surface area contributed by atoms with Crippen LogP contribution in [0.15, 0.2) is 55.2 Å². The smallest absolute Gasteiger partial charge is 0.387 e. The Hall–Kier alpha value is -4.02. The van der Waals surface area contributed by atoms with E-state index in [-0.39, 0.29) is 23.6 Å². The van der Waals surface area contributed by atoms with Gasteiger partial charge in [0.1, 0.15) is 12.1 Å². The molecule has 30 heavy (non-hydrogen) atoms. The number of hydrogen-bond acceptors (Lipinski definition) is 6. The lowest BCUT2D eigenvalue weighted by atomic mass is 10.2. The maximum atomic E-state index is 12.4. The van der Waals surface area contributed by atoms with E-state index in [1.54, 1.807) is 35.4 Å². The van der Waals surface area contributed by atoms with Crippen molar-refractivity contribution < 1.29 is 27.8 Å². The molecule has 0 aliphatic heterocycles. The Bertz CT molecular complexity index is 1010. The fourth-order valence-electron chi connectivity index (χ4n) is 2.48. The molecule has 0 fully saturated rings. The van der Waals surface area contributed by atoms with Crippen LogP contribution in [0.5, 0.6) is 11.5 Å². The number of benzene rings is 1. The van der Waals surface area contributed by atoms with Crippen molar-refractivity contribution in [1.29, 1.82) is 0 Å². The zero-order chi connectivity index (χ0) is 21.5. The summed E-state index contributed by atoms with van der Waals surface area (Å²) in [5, 5.41) is 5.04. The molecule has 1 aromatic carbocycles. The third-order valence-electron chi connectivity index (χ3n) is 3.85. The van der Waals surface area contributed by atoms with Gasteiger partial charge in [-0.15, -0.1) is 0 Å². The van der Waals surface area contributed by atoms with Crippen LogP contribution < -0.4 is 20.1 Å².